The maximum Gasteiger partial charge on any atom is 0.418 e. The van der Waals surface area contributed by atoms with Gasteiger partial charge in [0, 0.05) is 5.02 Å². The molecule has 1 fully saturated rings. The van der Waals surface area contributed by atoms with Crippen LogP contribution >= 0.6 is 23.8 Å². The van der Waals surface area contributed by atoms with E-state index in [1.165, 1.54) is 11.0 Å². The zero-order valence-electron chi connectivity index (χ0n) is 11.7. The van der Waals surface area contributed by atoms with Crippen molar-refractivity contribution in [3.05, 3.63) is 28.8 Å². The van der Waals surface area contributed by atoms with Crippen LogP contribution in [0, 0.1) is 0 Å². The van der Waals surface area contributed by atoms with Crippen molar-refractivity contribution in [3.8, 4) is 0 Å². The third-order valence-electron chi connectivity index (χ3n) is 3.02. The lowest BCUT2D eigenvalue weighted by Gasteiger charge is -2.19. The first-order valence-corrected chi connectivity index (χ1v) is 7.06. The molecular formula is C13H13ClF3N3OS. The molecule has 9 heteroatoms. The molecule has 0 aromatic heterocycles. The summed E-state index contributed by atoms with van der Waals surface area (Å²) in [6.07, 6.45) is -4.63. The molecule has 0 unspecified atom stereocenters. The Hall–Kier alpha value is -1.54. The Bertz CT molecular complexity index is 633. The monoisotopic (exact) mass is 351 g/mol. The number of amides is 2. The van der Waals surface area contributed by atoms with Crippen LogP contribution in [0.5, 0.6) is 0 Å². The van der Waals surface area contributed by atoms with E-state index in [0.29, 0.717) is 0 Å². The minimum Gasteiger partial charge on any atom is -0.355 e. The molecule has 4 nitrogen and oxygen atoms in total. The molecule has 0 spiro atoms. The number of halogens is 4. The molecule has 0 saturated carbocycles. The molecular weight excluding hydrogens is 339 g/mol. The number of nitrogens with one attached hydrogen (secondary N) is 2. The molecule has 0 bridgehead atoms. The standard InChI is InChI=1S/C13H13ClF3N3OS/c1-12(2)6-20(11(22)19-12)10(21)18-9-4-3-7(14)5-8(9)13(15,16)17/h3-5H,6H2,1-2H3,(H,18,21)(H,19,22). The van der Waals surface area contributed by atoms with Crippen LogP contribution < -0.4 is 10.6 Å². The van der Waals surface area contributed by atoms with Crippen LogP contribution in [0.25, 0.3) is 0 Å². The summed E-state index contributed by atoms with van der Waals surface area (Å²) in [7, 11) is 0. The minimum absolute atomic E-state index is 0.0650. The van der Waals surface area contributed by atoms with Gasteiger partial charge in [0.2, 0.25) is 0 Å². The number of alkyl halides is 3. The molecule has 1 heterocycles. The van der Waals surface area contributed by atoms with E-state index in [1.807, 2.05) is 13.8 Å². The second-order valence-corrected chi connectivity index (χ2v) is 6.34. The van der Waals surface area contributed by atoms with Gasteiger partial charge < -0.3 is 10.6 Å². The van der Waals surface area contributed by atoms with E-state index < -0.39 is 23.3 Å². The molecule has 0 atom stereocenters. The van der Waals surface area contributed by atoms with Gasteiger partial charge in [-0.2, -0.15) is 13.2 Å². The summed E-state index contributed by atoms with van der Waals surface area (Å²) in [4.78, 5) is 13.3. The van der Waals surface area contributed by atoms with E-state index in [-0.39, 0.29) is 22.4 Å². The molecule has 2 N–H and O–H groups in total. The second kappa shape index (κ2) is 5.58. The first-order chi connectivity index (χ1) is 9.99. The zero-order valence-corrected chi connectivity index (χ0v) is 13.3. The maximum atomic E-state index is 13.0. The van der Waals surface area contributed by atoms with Gasteiger partial charge in [-0.3, -0.25) is 4.90 Å². The van der Waals surface area contributed by atoms with Crippen LogP contribution in [0.3, 0.4) is 0 Å². The number of carbonyl (C=O) groups is 1. The Labute approximate surface area is 135 Å². The third kappa shape index (κ3) is 3.61. The highest BCUT2D eigenvalue weighted by molar-refractivity contribution is 7.80. The van der Waals surface area contributed by atoms with E-state index in [9.17, 15) is 18.0 Å². The number of thiocarbonyl (C=S) groups is 1. The van der Waals surface area contributed by atoms with Crippen LogP contribution in [0.15, 0.2) is 18.2 Å². The lowest BCUT2D eigenvalue weighted by atomic mass is 10.1. The van der Waals surface area contributed by atoms with Gasteiger partial charge in [0.15, 0.2) is 5.11 Å². The summed E-state index contributed by atoms with van der Waals surface area (Å²) in [6.45, 7) is 3.92. The van der Waals surface area contributed by atoms with E-state index in [1.54, 1.807) is 0 Å². The van der Waals surface area contributed by atoms with E-state index in [2.05, 4.69) is 10.6 Å². The average molecular weight is 352 g/mol. The molecule has 1 saturated heterocycles. The number of hydrogen-bond donors (Lipinski definition) is 2. The van der Waals surface area contributed by atoms with Gasteiger partial charge in [0.1, 0.15) is 0 Å². The van der Waals surface area contributed by atoms with Crippen molar-refractivity contribution < 1.29 is 18.0 Å². The Morgan fingerprint density at radius 3 is 2.59 bits per heavy atom. The predicted molar refractivity (Wildman–Crippen MR) is 82.0 cm³/mol. The molecule has 1 aromatic carbocycles. The van der Waals surface area contributed by atoms with Gasteiger partial charge in [-0.15, -0.1) is 0 Å². The number of rotatable bonds is 1. The third-order valence-corrected chi connectivity index (χ3v) is 3.58. The number of carbonyl (C=O) groups excluding carboxylic acids is 1. The second-order valence-electron chi connectivity index (χ2n) is 5.52. The maximum absolute atomic E-state index is 13.0. The lowest BCUT2D eigenvalue weighted by Crippen LogP contribution is -2.37. The normalized spacial score (nSPS) is 17.4. The summed E-state index contributed by atoms with van der Waals surface area (Å²) in [5.74, 6) is 0. The predicted octanol–water partition coefficient (Wildman–Crippen LogP) is 3.86. The zero-order chi connectivity index (χ0) is 16.7. The quantitative estimate of drug-likeness (QED) is 0.755. The number of hydrogen-bond acceptors (Lipinski definition) is 2. The highest BCUT2D eigenvalue weighted by atomic mass is 35.5. The molecule has 120 valence electrons. The fraction of sp³-hybridized carbons (Fsp3) is 0.385. The summed E-state index contributed by atoms with van der Waals surface area (Å²) < 4.78 is 39.0. The average Bonchev–Trinajstić information content (AvgIpc) is 2.64. The first kappa shape index (κ1) is 16.8. The van der Waals surface area contributed by atoms with Crippen molar-refractivity contribution in [1.29, 1.82) is 0 Å². The summed E-state index contributed by atoms with van der Waals surface area (Å²) in [5.41, 5.74) is -1.80. The Morgan fingerprint density at radius 1 is 1.45 bits per heavy atom. The molecule has 2 amide bonds. The summed E-state index contributed by atoms with van der Waals surface area (Å²) in [6, 6.07) is 2.43. The molecule has 1 aromatic rings. The van der Waals surface area contributed by atoms with Gasteiger partial charge in [-0.05, 0) is 44.3 Å². The largest absolute Gasteiger partial charge is 0.418 e. The van der Waals surface area contributed by atoms with Gasteiger partial charge in [-0.25, -0.2) is 4.79 Å². The number of nitrogens with zero attached hydrogens (tertiary/aromatic N) is 1. The van der Waals surface area contributed by atoms with Gasteiger partial charge >= 0.3 is 12.2 Å². The Morgan fingerprint density at radius 2 is 2.09 bits per heavy atom. The molecule has 0 radical (unpaired) electrons. The van der Waals surface area contributed by atoms with Crippen molar-refractivity contribution in [2.24, 2.45) is 0 Å². The van der Waals surface area contributed by atoms with Crippen molar-refractivity contribution in [3.63, 3.8) is 0 Å². The number of benzene rings is 1. The number of anilines is 1. The fourth-order valence-electron chi connectivity index (χ4n) is 2.07. The molecule has 0 aliphatic carbocycles. The lowest BCUT2D eigenvalue weighted by molar-refractivity contribution is -0.136. The SMILES string of the molecule is CC1(C)CN(C(=O)Nc2ccc(Cl)cc2C(F)(F)F)C(=S)N1. The summed E-state index contributed by atoms with van der Waals surface area (Å²) in [5, 5.41) is 5.26. The molecule has 2 rings (SSSR count). The molecule has 1 aliphatic heterocycles. The number of urea groups is 1. The van der Waals surface area contributed by atoms with E-state index >= 15 is 0 Å². The van der Waals surface area contributed by atoms with Crippen molar-refractivity contribution in [2.75, 3.05) is 11.9 Å². The van der Waals surface area contributed by atoms with Crippen molar-refractivity contribution >= 4 is 40.6 Å². The van der Waals surface area contributed by atoms with E-state index in [0.717, 1.165) is 12.1 Å². The van der Waals surface area contributed by atoms with Crippen LogP contribution in [0.4, 0.5) is 23.7 Å². The molecule has 1 aliphatic rings. The Balaban J connectivity index is 2.25. The fourth-order valence-corrected chi connectivity index (χ4v) is 2.67. The topological polar surface area (TPSA) is 44.4 Å². The smallest absolute Gasteiger partial charge is 0.355 e. The Kier molecular flexibility index (Phi) is 4.27. The summed E-state index contributed by atoms with van der Waals surface area (Å²) >= 11 is 10.6. The molecule has 22 heavy (non-hydrogen) atoms. The minimum atomic E-state index is -4.63. The highest BCUT2D eigenvalue weighted by Gasteiger charge is 2.38. The first-order valence-electron chi connectivity index (χ1n) is 6.27. The van der Waals surface area contributed by atoms with Crippen LogP contribution in [0.1, 0.15) is 19.4 Å². The van der Waals surface area contributed by atoms with Gasteiger partial charge in [0.25, 0.3) is 0 Å². The van der Waals surface area contributed by atoms with Crippen molar-refractivity contribution in [1.82, 2.24) is 10.2 Å². The van der Waals surface area contributed by atoms with Crippen LogP contribution in [-0.2, 0) is 6.18 Å². The highest BCUT2D eigenvalue weighted by Crippen LogP contribution is 2.36. The van der Waals surface area contributed by atoms with Crippen molar-refractivity contribution in [2.45, 2.75) is 25.6 Å². The van der Waals surface area contributed by atoms with Gasteiger partial charge in [-0.1, -0.05) is 11.6 Å². The van der Waals surface area contributed by atoms with Gasteiger partial charge in [0.05, 0.1) is 23.3 Å². The van der Waals surface area contributed by atoms with Crippen LogP contribution in [0.2, 0.25) is 5.02 Å². The van der Waals surface area contributed by atoms with E-state index in [4.69, 9.17) is 23.8 Å². The van der Waals surface area contributed by atoms with Crippen LogP contribution in [-0.4, -0.2) is 28.1 Å².